The number of hydrogen-bond donors (Lipinski definition) is 1. The first-order valence-electron chi connectivity index (χ1n) is 13.9. The minimum Gasteiger partial charge on any atom is -0.550 e. The number of ether oxygens (including phenoxy) is 2. The molecule has 0 amide bonds. The molecule has 5 aromatic rings. The molecule has 1 heterocycles. The molecule has 0 aliphatic carbocycles. The van der Waals surface area contributed by atoms with Crippen molar-refractivity contribution in [3.63, 3.8) is 0 Å². The summed E-state index contributed by atoms with van der Waals surface area (Å²) in [6, 6.07) is 20.0. The van der Waals surface area contributed by atoms with Crippen LogP contribution in [0.1, 0.15) is 41.3 Å². The van der Waals surface area contributed by atoms with Gasteiger partial charge in [0, 0.05) is 29.6 Å². The van der Waals surface area contributed by atoms with E-state index in [1.54, 1.807) is 12.1 Å². The van der Waals surface area contributed by atoms with Crippen molar-refractivity contribution >= 4 is 33.9 Å². The van der Waals surface area contributed by atoms with Gasteiger partial charge in [-0.25, -0.2) is 0 Å². The van der Waals surface area contributed by atoms with Crippen LogP contribution in [-0.4, -0.2) is 35.7 Å². The van der Waals surface area contributed by atoms with E-state index < -0.39 is 17.4 Å². The number of phenols is 1. The van der Waals surface area contributed by atoms with Crippen LogP contribution in [-0.2, 0) is 17.6 Å². The minimum atomic E-state index is -1.42. The Bertz CT molecular complexity index is 1890. The number of benzene rings is 4. The van der Waals surface area contributed by atoms with E-state index in [0.29, 0.717) is 36.5 Å². The molecule has 0 spiro atoms. The standard InChI is InChI=1S/C34H30O9.2Na.H2O/c1-2-20-17-25(21-7-4-3-5-8-21)27(35)19-30(20)42-16-6-15-41-28-13-10-24-32(38)26-18-22(34(39)40)9-12-29(26)43-33(24)23(28)11-14-31(36)37;;;/h3-5,7-10,12-13,17-19,35H,2,6,11,14-16H2,1H3,(H,36,37)(H,39,40);;;1H2/q;2*+1;/p-2. The maximum atomic E-state index is 13.2. The largest absolute Gasteiger partial charge is 1.00 e. The average molecular weight is 645 g/mol. The number of aliphatic carboxylic acids is 1. The number of aromatic carboxylic acids is 1. The van der Waals surface area contributed by atoms with E-state index in [2.05, 4.69) is 0 Å². The van der Waals surface area contributed by atoms with Crippen LogP contribution in [0.25, 0.3) is 33.1 Å². The van der Waals surface area contributed by atoms with Gasteiger partial charge in [-0.3, -0.25) is 4.79 Å². The zero-order valence-corrected chi connectivity index (χ0v) is 29.9. The Kier molecular flexibility index (Phi) is 14.8. The summed E-state index contributed by atoms with van der Waals surface area (Å²) in [6.07, 6.45) is 0.839. The number of fused-ring (bicyclic) bond motifs is 2. The van der Waals surface area contributed by atoms with E-state index in [1.165, 1.54) is 24.3 Å². The maximum absolute atomic E-state index is 13.2. The fraction of sp³-hybridized carbons (Fsp3) is 0.206. The minimum absolute atomic E-state index is 0. The molecule has 5 rings (SSSR count). The first kappa shape index (κ1) is 38.8. The Labute approximate surface area is 308 Å². The summed E-state index contributed by atoms with van der Waals surface area (Å²) in [6.45, 7) is 2.51. The number of phenolic OH excluding ortho intramolecular Hbond substituents is 1. The molecular formula is C34H30Na2O10. The Hall–Kier alpha value is -3.35. The van der Waals surface area contributed by atoms with Crippen LogP contribution in [0.3, 0.4) is 0 Å². The number of hydrogen-bond acceptors (Lipinski definition) is 9. The average Bonchev–Trinajstić information content (AvgIpc) is 3.00. The molecule has 0 saturated carbocycles. The zero-order valence-electron chi connectivity index (χ0n) is 25.9. The van der Waals surface area contributed by atoms with Crippen molar-refractivity contribution in [1.82, 2.24) is 0 Å². The van der Waals surface area contributed by atoms with Crippen molar-refractivity contribution < 1.29 is 103 Å². The van der Waals surface area contributed by atoms with Crippen LogP contribution in [0.15, 0.2) is 82.0 Å². The van der Waals surface area contributed by atoms with Gasteiger partial charge in [-0.15, -0.1) is 0 Å². The fourth-order valence-corrected chi connectivity index (χ4v) is 4.98. The van der Waals surface area contributed by atoms with E-state index in [9.17, 15) is 29.7 Å². The molecular weight excluding hydrogens is 614 g/mol. The number of rotatable bonds is 12. The van der Waals surface area contributed by atoms with Gasteiger partial charge in [0.2, 0.25) is 5.43 Å². The summed E-state index contributed by atoms with van der Waals surface area (Å²) in [5.41, 5.74) is 2.67. The van der Waals surface area contributed by atoms with E-state index in [4.69, 9.17) is 13.9 Å². The van der Waals surface area contributed by atoms with Gasteiger partial charge in [-0.05, 0) is 72.4 Å². The van der Waals surface area contributed by atoms with Gasteiger partial charge in [-0.2, -0.15) is 0 Å². The molecule has 3 N–H and O–H groups in total. The molecule has 0 aliphatic heterocycles. The Morgan fingerprint density at radius 1 is 0.870 bits per heavy atom. The van der Waals surface area contributed by atoms with E-state index in [0.717, 1.165) is 16.7 Å². The van der Waals surface area contributed by atoms with Crippen molar-refractivity contribution in [2.75, 3.05) is 13.2 Å². The maximum Gasteiger partial charge on any atom is 1.00 e. The molecule has 0 fully saturated rings. The second kappa shape index (κ2) is 17.5. The fourth-order valence-electron chi connectivity index (χ4n) is 4.98. The van der Waals surface area contributed by atoms with E-state index in [-0.39, 0.29) is 117 Å². The van der Waals surface area contributed by atoms with Crippen molar-refractivity contribution in [2.24, 2.45) is 0 Å². The molecule has 4 aromatic carbocycles. The summed E-state index contributed by atoms with van der Waals surface area (Å²) in [4.78, 5) is 35.7. The molecule has 0 radical (unpaired) electrons. The van der Waals surface area contributed by atoms with Crippen LogP contribution in [0.2, 0.25) is 0 Å². The van der Waals surface area contributed by atoms with Crippen molar-refractivity contribution in [1.29, 1.82) is 0 Å². The SMILES string of the molecule is CCc1cc(-c2ccccc2)c(O)cc1OCCCOc1ccc2c(=O)c3cc(C(=O)[O-])ccc3oc2c1CCC(=O)[O-].O.[Na+].[Na+]. The second-order valence-corrected chi connectivity index (χ2v) is 9.97. The zero-order chi connectivity index (χ0) is 30.5. The smallest absolute Gasteiger partial charge is 0.550 e. The molecule has 12 heteroatoms. The van der Waals surface area contributed by atoms with Gasteiger partial charge in [0.05, 0.1) is 30.0 Å². The molecule has 0 unspecified atom stereocenters. The Balaban J connectivity index is 0.00000245. The molecule has 0 aliphatic rings. The molecule has 228 valence electrons. The molecule has 10 nitrogen and oxygen atoms in total. The number of carboxylic acids is 2. The number of carbonyl (C=O) groups excluding carboxylic acids is 2. The van der Waals surface area contributed by atoms with Crippen LogP contribution < -0.4 is 84.2 Å². The van der Waals surface area contributed by atoms with Gasteiger partial charge in [-0.1, -0.05) is 37.3 Å². The summed E-state index contributed by atoms with van der Waals surface area (Å²) in [5, 5.41) is 33.4. The summed E-state index contributed by atoms with van der Waals surface area (Å²) in [5.74, 6) is -1.65. The Morgan fingerprint density at radius 3 is 2.22 bits per heavy atom. The summed E-state index contributed by atoms with van der Waals surface area (Å²) < 4.78 is 17.9. The number of carbonyl (C=O) groups is 2. The van der Waals surface area contributed by atoms with Crippen LogP contribution in [0, 0.1) is 0 Å². The molecule has 0 atom stereocenters. The van der Waals surface area contributed by atoms with Crippen LogP contribution in [0.5, 0.6) is 17.2 Å². The van der Waals surface area contributed by atoms with Gasteiger partial charge in [0.15, 0.2) is 0 Å². The summed E-state index contributed by atoms with van der Waals surface area (Å²) in [7, 11) is 0. The molecule has 0 saturated heterocycles. The quantitative estimate of drug-likeness (QED) is 0.0839. The predicted molar refractivity (Wildman–Crippen MR) is 160 cm³/mol. The Morgan fingerprint density at radius 2 is 1.57 bits per heavy atom. The van der Waals surface area contributed by atoms with Crippen molar-refractivity contribution in [2.45, 2.75) is 32.6 Å². The van der Waals surface area contributed by atoms with Gasteiger partial charge in [0.25, 0.3) is 0 Å². The van der Waals surface area contributed by atoms with E-state index >= 15 is 0 Å². The number of carboxylic acid groups (broad SMARTS) is 2. The van der Waals surface area contributed by atoms with Crippen molar-refractivity contribution in [3.8, 4) is 28.4 Å². The monoisotopic (exact) mass is 644 g/mol. The third-order valence-corrected chi connectivity index (χ3v) is 7.16. The second-order valence-electron chi connectivity index (χ2n) is 9.97. The van der Waals surface area contributed by atoms with Gasteiger partial charge in [0.1, 0.15) is 28.4 Å². The third kappa shape index (κ3) is 8.71. The van der Waals surface area contributed by atoms with Gasteiger partial charge >= 0.3 is 59.1 Å². The van der Waals surface area contributed by atoms with E-state index in [1.807, 2.05) is 43.3 Å². The van der Waals surface area contributed by atoms with Crippen molar-refractivity contribution in [3.05, 3.63) is 99.7 Å². The normalized spacial score (nSPS) is 10.4. The van der Waals surface area contributed by atoms with Crippen LogP contribution in [0.4, 0.5) is 0 Å². The first-order valence-corrected chi connectivity index (χ1v) is 13.9. The first-order chi connectivity index (χ1) is 20.8. The van der Waals surface area contributed by atoms with Crippen LogP contribution >= 0.6 is 0 Å². The topological polar surface area (TPSA) is 181 Å². The summed E-state index contributed by atoms with van der Waals surface area (Å²) >= 11 is 0. The molecule has 46 heavy (non-hydrogen) atoms. The molecule has 1 aromatic heterocycles. The number of aryl methyl sites for hydroxylation is 2. The third-order valence-electron chi connectivity index (χ3n) is 7.16. The number of aromatic hydroxyl groups is 1. The molecule has 0 bridgehead atoms. The predicted octanol–water partition coefficient (Wildman–Crippen LogP) is -3.04. The van der Waals surface area contributed by atoms with Gasteiger partial charge < -0.3 is 44.3 Å².